The second-order valence-corrected chi connectivity index (χ2v) is 10.3. The summed E-state index contributed by atoms with van der Waals surface area (Å²) in [5.74, 6) is -4.04. The minimum absolute atomic E-state index is 0.208. The van der Waals surface area contributed by atoms with Crippen LogP contribution in [0.25, 0.3) is 17.3 Å². The van der Waals surface area contributed by atoms with Gasteiger partial charge in [-0.15, -0.1) is 11.3 Å². The first-order chi connectivity index (χ1) is 17.6. The Morgan fingerprint density at radius 2 is 1.95 bits per heavy atom. The maximum Gasteiger partial charge on any atom is 0.331 e. The van der Waals surface area contributed by atoms with Crippen LogP contribution in [0.5, 0.6) is 0 Å². The monoisotopic (exact) mass is 526 g/mol. The lowest BCUT2D eigenvalue weighted by Crippen LogP contribution is -2.13. The van der Waals surface area contributed by atoms with Gasteiger partial charge in [-0.25, -0.2) is 18.6 Å². The largest absolute Gasteiger partial charge is 0.478 e. The summed E-state index contributed by atoms with van der Waals surface area (Å²) in [7, 11) is 0. The summed E-state index contributed by atoms with van der Waals surface area (Å²) < 4.78 is 34.7. The van der Waals surface area contributed by atoms with Crippen LogP contribution < -0.4 is 5.32 Å². The van der Waals surface area contributed by atoms with E-state index in [1.807, 2.05) is 26.0 Å². The lowest BCUT2D eigenvalue weighted by Gasteiger charge is -2.19. The fraction of sp³-hybridized carbons (Fsp3) is 0.321. The number of hydrogen-bond donors (Lipinski definition) is 2. The van der Waals surface area contributed by atoms with Gasteiger partial charge in [0.05, 0.1) is 11.8 Å². The number of thiazole rings is 1. The van der Waals surface area contributed by atoms with Crippen molar-refractivity contribution in [2.24, 2.45) is 0 Å². The Balaban J connectivity index is 1.52. The van der Waals surface area contributed by atoms with Crippen LogP contribution in [0.2, 0.25) is 0 Å². The van der Waals surface area contributed by atoms with Crippen molar-refractivity contribution in [3.8, 4) is 11.3 Å². The Kier molecular flexibility index (Phi) is 8.14. The first kappa shape index (κ1) is 26.6. The number of amides is 1. The molecule has 0 bridgehead atoms. The zero-order valence-corrected chi connectivity index (χ0v) is 21.7. The Hall–Kier alpha value is -3.43. The van der Waals surface area contributed by atoms with E-state index in [2.05, 4.69) is 16.4 Å². The number of aliphatic carboxylic acids is 1. The van der Waals surface area contributed by atoms with Gasteiger partial charge in [0.1, 0.15) is 11.6 Å². The van der Waals surface area contributed by atoms with Gasteiger partial charge in [0.2, 0.25) is 0 Å². The van der Waals surface area contributed by atoms with E-state index in [4.69, 9.17) is 9.84 Å². The van der Waals surface area contributed by atoms with Crippen molar-refractivity contribution in [2.45, 2.75) is 52.6 Å². The molecule has 2 N–H and O–H groups in total. The second kappa shape index (κ2) is 11.3. The second-order valence-electron chi connectivity index (χ2n) is 9.20. The van der Waals surface area contributed by atoms with Crippen LogP contribution >= 0.6 is 11.3 Å². The number of carbonyl (C=O) groups excluding carboxylic acids is 1. The molecule has 194 valence electrons. The van der Waals surface area contributed by atoms with Crippen LogP contribution in [-0.2, 0) is 28.8 Å². The van der Waals surface area contributed by atoms with E-state index in [1.54, 1.807) is 0 Å². The highest BCUT2D eigenvalue weighted by Crippen LogP contribution is 2.39. The summed E-state index contributed by atoms with van der Waals surface area (Å²) in [6.45, 7) is 5.98. The summed E-state index contributed by atoms with van der Waals surface area (Å²) in [6.07, 6.45) is 4.61. The average Bonchev–Trinajstić information content (AvgIpc) is 3.26. The van der Waals surface area contributed by atoms with Gasteiger partial charge in [0, 0.05) is 33.7 Å². The Bertz CT molecular complexity index is 1360. The smallest absolute Gasteiger partial charge is 0.331 e. The van der Waals surface area contributed by atoms with Crippen molar-refractivity contribution in [1.29, 1.82) is 0 Å². The molecule has 9 heteroatoms. The molecule has 0 saturated carbocycles. The third kappa shape index (κ3) is 6.11. The minimum atomic E-state index is -1.29. The lowest BCUT2D eigenvalue weighted by molar-refractivity contribution is -0.132. The number of nitrogens with zero attached hydrogens (tertiary/aromatic N) is 1. The van der Waals surface area contributed by atoms with E-state index in [9.17, 15) is 18.4 Å². The summed E-state index contributed by atoms with van der Waals surface area (Å²) >= 11 is 1.35. The van der Waals surface area contributed by atoms with E-state index in [-0.39, 0.29) is 17.2 Å². The molecule has 0 fully saturated rings. The van der Waals surface area contributed by atoms with Gasteiger partial charge in [-0.1, -0.05) is 18.2 Å². The molecule has 1 aromatic heterocycles. The SMILES string of the molecule is CC(=Cc1c(F)cc(C(=O)Nc2nc3c(s2)CCc2c(CCCOC(C)C)cccc2-3)cc1F)C(=O)O. The van der Waals surface area contributed by atoms with Crippen LogP contribution in [-0.4, -0.2) is 34.7 Å². The fourth-order valence-corrected chi connectivity index (χ4v) is 5.26. The first-order valence-electron chi connectivity index (χ1n) is 12.1. The van der Waals surface area contributed by atoms with Gasteiger partial charge in [0.15, 0.2) is 5.13 Å². The zero-order valence-electron chi connectivity index (χ0n) is 20.9. The predicted octanol–water partition coefficient (Wildman–Crippen LogP) is 6.28. The molecule has 1 aliphatic rings. The molecule has 3 aromatic rings. The normalized spacial score (nSPS) is 12.9. The molecule has 6 nitrogen and oxygen atoms in total. The van der Waals surface area contributed by atoms with E-state index < -0.39 is 29.1 Å². The summed E-state index contributed by atoms with van der Waals surface area (Å²) in [5, 5.41) is 12.0. The standard InChI is InChI=1S/C28H28F2N2O4S/c1-15(2)36-11-5-7-17-6-4-8-20-19(17)9-10-24-25(20)31-28(37-24)32-26(33)18-13-22(29)21(23(30)14-18)12-16(3)27(34)35/h4,6,8,12-15H,5,7,9-11H2,1-3H3,(H,34,35)(H,31,32,33). The zero-order chi connectivity index (χ0) is 26.7. The van der Waals surface area contributed by atoms with Crippen LogP contribution in [0.3, 0.4) is 0 Å². The van der Waals surface area contributed by atoms with Crippen LogP contribution in [0.4, 0.5) is 13.9 Å². The van der Waals surface area contributed by atoms with Gasteiger partial charge in [-0.3, -0.25) is 10.1 Å². The first-order valence-corrected chi connectivity index (χ1v) is 12.9. The number of halogens is 2. The van der Waals surface area contributed by atoms with Crippen molar-refractivity contribution in [3.05, 3.63) is 74.7 Å². The van der Waals surface area contributed by atoms with E-state index in [1.165, 1.54) is 29.4 Å². The van der Waals surface area contributed by atoms with Crippen LogP contribution in [0.1, 0.15) is 59.1 Å². The molecule has 2 aromatic carbocycles. The van der Waals surface area contributed by atoms with Gasteiger partial charge >= 0.3 is 5.97 Å². The summed E-state index contributed by atoms with van der Waals surface area (Å²) in [5.41, 5.74) is 3.44. The fourth-order valence-electron chi connectivity index (χ4n) is 4.29. The van der Waals surface area contributed by atoms with E-state index >= 15 is 0 Å². The Labute approximate surface area is 218 Å². The number of carbonyl (C=O) groups is 2. The molecule has 0 aliphatic heterocycles. The summed E-state index contributed by atoms with van der Waals surface area (Å²) in [4.78, 5) is 29.4. The number of anilines is 1. The van der Waals surface area contributed by atoms with Gasteiger partial charge < -0.3 is 9.84 Å². The number of carboxylic acid groups (broad SMARTS) is 1. The highest BCUT2D eigenvalue weighted by Gasteiger charge is 2.24. The summed E-state index contributed by atoms with van der Waals surface area (Å²) in [6, 6.07) is 7.95. The molecule has 37 heavy (non-hydrogen) atoms. The number of hydrogen-bond acceptors (Lipinski definition) is 5. The van der Waals surface area contributed by atoms with E-state index in [0.29, 0.717) is 11.7 Å². The molecular weight excluding hydrogens is 498 g/mol. The van der Waals surface area contributed by atoms with Gasteiger partial charge in [0.25, 0.3) is 5.91 Å². The average molecular weight is 527 g/mol. The number of benzene rings is 2. The molecule has 4 rings (SSSR count). The number of nitrogens with one attached hydrogen (secondary N) is 1. The van der Waals surface area contributed by atoms with Crippen molar-refractivity contribution in [1.82, 2.24) is 4.98 Å². The molecule has 0 atom stereocenters. The van der Waals surface area contributed by atoms with Crippen molar-refractivity contribution >= 4 is 34.4 Å². The Morgan fingerprint density at radius 1 is 1.22 bits per heavy atom. The molecule has 0 spiro atoms. The minimum Gasteiger partial charge on any atom is -0.478 e. The molecule has 1 aliphatic carbocycles. The topological polar surface area (TPSA) is 88.5 Å². The van der Waals surface area contributed by atoms with Crippen LogP contribution in [0.15, 0.2) is 35.9 Å². The van der Waals surface area contributed by atoms with E-state index in [0.717, 1.165) is 60.0 Å². The third-order valence-electron chi connectivity index (χ3n) is 6.13. The number of aryl methyl sites for hydroxylation is 2. The number of carboxylic acids is 1. The molecular formula is C28H28F2N2O4S. The van der Waals surface area contributed by atoms with Gasteiger partial charge in [-0.05, 0) is 75.8 Å². The molecule has 1 heterocycles. The third-order valence-corrected chi connectivity index (χ3v) is 7.16. The highest BCUT2D eigenvalue weighted by molar-refractivity contribution is 7.16. The number of ether oxygens (including phenoxy) is 1. The van der Waals surface area contributed by atoms with Crippen LogP contribution in [0, 0.1) is 11.6 Å². The highest BCUT2D eigenvalue weighted by atomic mass is 32.1. The molecule has 1 amide bonds. The predicted molar refractivity (Wildman–Crippen MR) is 140 cm³/mol. The number of aromatic nitrogens is 1. The number of fused-ring (bicyclic) bond motifs is 3. The quantitative estimate of drug-likeness (QED) is 0.253. The number of rotatable bonds is 9. The lowest BCUT2D eigenvalue weighted by atomic mass is 9.88. The van der Waals surface area contributed by atoms with Crippen molar-refractivity contribution < 1.29 is 28.2 Å². The van der Waals surface area contributed by atoms with Crippen molar-refractivity contribution in [3.63, 3.8) is 0 Å². The van der Waals surface area contributed by atoms with Crippen molar-refractivity contribution in [2.75, 3.05) is 11.9 Å². The molecule has 0 radical (unpaired) electrons. The molecule has 0 saturated heterocycles. The maximum atomic E-state index is 14.5. The molecule has 0 unspecified atom stereocenters. The maximum absolute atomic E-state index is 14.5. The van der Waals surface area contributed by atoms with Gasteiger partial charge in [-0.2, -0.15) is 0 Å². The Morgan fingerprint density at radius 3 is 2.62 bits per heavy atom.